The van der Waals surface area contributed by atoms with Gasteiger partial charge in [0.1, 0.15) is 47.9 Å². The largest absolute Gasteiger partial charge is 0.481 e. The van der Waals surface area contributed by atoms with Crippen LogP contribution in [0, 0.1) is 0 Å². The lowest BCUT2D eigenvalue weighted by molar-refractivity contribution is -0.765. The molecular weight excluding hydrogens is 636 g/mol. The molecule has 10 N–H and O–H groups in total. The number of hydrogen-bond acceptors (Lipinski definition) is 16. The first kappa shape index (κ1) is 32.4. The third-order valence-electron chi connectivity index (χ3n) is 6.75. The monoisotopic (exact) mass is 664 g/mol. The van der Waals surface area contributed by atoms with E-state index < -0.39 is 83.8 Å². The number of nitrogens with zero attached hydrogens (tertiary/aromatic N) is 5. The van der Waals surface area contributed by atoms with Crippen molar-refractivity contribution in [3.8, 4) is 0 Å². The normalized spacial score (nSPS) is 31.6. The Morgan fingerprint density at radius 3 is 2.27 bits per heavy atom. The van der Waals surface area contributed by atoms with Crippen LogP contribution in [0.5, 0.6) is 0 Å². The van der Waals surface area contributed by atoms with E-state index in [0.717, 1.165) is 6.33 Å². The standard InChI is InChI=1S/C21H27N7O14P2/c22-17-12-19(25-7-24-17)28(8-26-12)21-16(32)14(30)11(41-21)6-39-44(36,37)42-43(34,35)38-5-10-13(29)15(31)20(40-10)27-3-1-2-9(4-27)18(23)33/h1-4,7-8,10-11,13-16,20-21,29-32H,5-6H2,(H5-,22,23,24,25,33,34,35,36,37)/p+1/t10-,11-,13+,14+,15?,16?,20-,21-/m0/s1. The summed E-state index contributed by atoms with van der Waals surface area (Å²) in [5, 5.41) is 41.6. The Hall–Kier alpha value is -3.01. The van der Waals surface area contributed by atoms with Gasteiger partial charge in [-0.25, -0.2) is 24.1 Å². The lowest BCUT2D eigenvalue weighted by atomic mass is 10.1. The number of phosphoric ester groups is 2. The number of fused-ring (bicyclic) bond motifs is 1. The lowest BCUT2D eigenvalue weighted by Crippen LogP contribution is -2.46. The molecule has 2 aliphatic heterocycles. The molecule has 0 saturated carbocycles. The number of rotatable bonds is 11. The summed E-state index contributed by atoms with van der Waals surface area (Å²) in [5.41, 5.74) is 11.4. The Morgan fingerprint density at radius 1 is 0.977 bits per heavy atom. The predicted octanol–water partition coefficient (Wildman–Crippen LogP) is -3.02. The number of ether oxygens (including phenoxy) is 2. The number of hydrogen-bond donors (Lipinski definition) is 8. The van der Waals surface area contributed by atoms with Crippen LogP contribution in [0.3, 0.4) is 0 Å². The number of primary amides is 1. The van der Waals surface area contributed by atoms with Crippen molar-refractivity contribution in [2.45, 2.75) is 49.1 Å². The van der Waals surface area contributed by atoms with Gasteiger partial charge in [0, 0.05) is 6.07 Å². The number of pyridine rings is 1. The summed E-state index contributed by atoms with van der Waals surface area (Å²) < 4.78 is 52.0. The fourth-order valence-corrected chi connectivity index (χ4v) is 6.67. The molecule has 2 aliphatic rings. The summed E-state index contributed by atoms with van der Waals surface area (Å²) in [6, 6.07) is 2.83. The van der Waals surface area contributed by atoms with Gasteiger partial charge in [-0.1, -0.05) is 0 Å². The second kappa shape index (κ2) is 12.4. The molecule has 0 aromatic carbocycles. The van der Waals surface area contributed by atoms with Crippen LogP contribution in [-0.4, -0.2) is 105 Å². The maximum Gasteiger partial charge on any atom is 0.481 e. The summed E-state index contributed by atoms with van der Waals surface area (Å²) in [7, 11) is -10.7. The third-order valence-corrected chi connectivity index (χ3v) is 9.35. The molecule has 0 spiro atoms. The molecule has 3 aromatic heterocycles. The van der Waals surface area contributed by atoms with Gasteiger partial charge in [-0.15, -0.1) is 0 Å². The topological polar surface area (TPSA) is 318 Å². The smallest absolute Gasteiger partial charge is 0.387 e. The fraction of sp³-hybridized carbons (Fsp3) is 0.476. The average Bonchev–Trinajstić information content (AvgIpc) is 3.61. The molecular formula is C21H28N7O14P2+. The van der Waals surface area contributed by atoms with Gasteiger partial charge < -0.3 is 51.2 Å². The minimum Gasteiger partial charge on any atom is -0.387 e. The van der Waals surface area contributed by atoms with Crippen molar-refractivity contribution < 1.29 is 71.5 Å². The molecule has 0 radical (unpaired) electrons. The Morgan fingerprint density at radius 2 is 1.61 bits per heavy atom. The molecule has 2 fully saturated rings. The molecule has 44 heavy (non-hydrogen) atoms. The van der Waals surface area contributed by atoms with Gasteiger partial charge in [-0.3, -0.25) is 18.4 Å². The van der Waals surface area contributed by atoms with Crippen molar-refractivity contribution in [2.75, 3.05) is 18.9 Å². The van der Waals surface area contributed by atoms with Crippen LogP contribution < -0.4 is 16.0 Å². The molecule has 1 amide bonds. The molecule has 5 rings (SSSR count). The number of amides is 1. The van der Waals surface area contributed by atoms with Crippen LogP contribution in [0.2, 0.25) is 0 Å². The molecule has 4 unspecified atom stereocenters. The highest BCUT2D eigenvalue weighted by atomic mass is 31.3. The quantitative estimate of drug-likeness (QED) is 0.0747. The maximum atomic E-state index is 12.4. The number of phosphoric acid groups is 2. The number of nitrogens with two attached hydrogens (primary N) is 2. The van der Waals surface area contributed by atoms with E-state index in [1.54, 1.807) is 0 Å². The summed E-state index contributed by atoms with van der Waals surface area (Å²) in [6.45, 7) is -1.80. The van der Waals surface area contributed by atoms with E-state index in [1.165, 1.54) is 40.0 Å². The predicted molar refractivity (Wildman–Crippen MR) is 139 cm³/mol. The molecule has 3 aromatic rings. The Balaban J connectivity index is 1.16. The van der Waals surface area contributed by atoms with E-state index in [9.17, 15) is 44.1 Å². The summed E-state index contributed by atoms with van der Waals surface area (Å²) >= 11 is 0. The van der Waals surface area contributed by atoms with Crippen molar-refractivity contribution in [3.05, 3.63) is 42.7 Å². The van der Waals surface area contributed by atoms with Crippen LogP contribution in [0.15, 0.2) is 37.2 Å². The zero-order chi connectivity index (χ0) is 32.0. The zero-order valence-corrected chi connectivity index (χ0v) is 24.0. The van der Waals surface area contributed by atoms with Gasteiger partial charge in [0.25, 0.3) is 12.1 Å². The molecule has 0 bridgehead atoms. The van der Waals surface area contributed by atoms with Crippen molar-refractivity contribution in [1.82, 2.24) is 19.5 Å². The number of aliphatic hydroxyl groups is 4. The summed E-state index contributed by atoms with van der Waals surface area (Å²) in [4.78, 5) is 43.3. The zero-order valence-electron chi connectivity index (χ0n) is 22.2. The summed E-state index contributed by atoms with van der Waals surface area (Å²) in [6.07, 6.45) is -6.85. The van der Waals surface area contributed by atoms with E-state index >= 15 is 0 Å². The first-order chi connectivity index (χ1) is 20.7. The highest BCUT2D eigenvalue weighted by molar-refractivity contribution is 7.61. The van der Waals surface area contributed by atoms with E-state index in [1.807, 2.05) is 0 Å². The molecule has 240 valence electrons. The molecule has 0 aliphatic carbocycles. The second-order valence-corrected chi connectivity index (χ2v) is 12.7. The van der Waals surface area contributed by atoms with Crippen LogP contribution in [0.4, 0.5) is 5.82 Å². The van der Waals surface area contributed by atoms with Crippen molar-refractivity contribution in [1.29, 1.82) is 0 Å². The van der Waals surface area contributed by atoms with E-state index in [2.05, 4.69) is 23.8 Å². The van der Waals surface area contributed by atoms with E-state index in [0.29, 0.717) is 0 Å². The molecule has 5 heterocycles. The Labute approximate surface area is 246 Å². The Bertz CT molecular complexity index is 1630. The SMILES string of the molecule is NC(=O)c1ccc[n+]([C@H]2O[C@@H](COP(=O)(O)OP(=O)(O)OC[C@@H]3O[C@H](n4cnc5c(N)ncnc54)C(O)[C@@H]3O)[C@@H](O)C2O)c1. The molecule has 2 saturated heterocycles. The fourth-order valence-electron chi connectivity index (χ4n) is 4.58. The number of aliphatic hydroxyl groups excluding tert-OH is 4. The van der Waals surface area contributed by atoms with Gasteiger partial charge in [0.2, 0.25) is 0 Å². The third kappa shape index (κ3) is 6.65. The van der Waals surface area contributed by atoms with Crippen LogP contribution in [-0.2, 0) is 32.0 Å². The van der Waals surface area contributed by atoms with E-state index in [4.69, 9.17) is 25.5 Å². The first-order valence-electron chi connectivity index (χ1n) is 12.6. The van der Waals surface area contributed by atoms with Gasteiger partial charge in [0.15, 0.2) is 36.2 Å². The van der Waals surface area contributed by atoms with Crippen molar-refractivity contribution >= 4 is 38.5 Å². The van der Waals surface area contributed by atoms with Crippen LogP contribution >= 0.6 is 15.6 Å². The number of aromatic nitrogens is 5. The Kier molecular flexibility index (Phi) is 9.13. The highest BCUT2D eigenvalue weighted by Gasteiger charge is 2.50. The van der Waals surface area contributed by atoms with Gasteiger partial charge in [-0.05, 0) is 6.07 Å². The molecule has 23 heteroatoms. The molecule has 10 atom stereocenters. The highest BCUT2D eigenvalue weighted by Crippen LogP contribution is 2.60. The van der Waals surface area contributed by atoms with Crippen LogP contribution in [0.1, 0.15) is 22.8 Å². The number of carbonyl (C=O) groups excluding carboxylic acids is 1. The van der Waals surface area contributed by atoms with Crippen LogP contribution in [0.25, 0.3) is 11.2 Å². The maximum absolute atomic E-state index is 12.4. The second-order valence-electron chi connectivity index (χ2n) is 9.69. The van der Waals surface area contributed by atoms with Crippen molar-refractivity contribution in [2.24, 2.45) is 5.73 Å². The number of carbonyl (C=O) groups is 1. The average molecular weight is 664 g/mol. The van der Waals surface area contributed by atoms with Gasteiger partial charge >= 0.3 is 15.6 Å². The number of imidazole rings is 1. The van der Waals surface area contributed by atoms with Crippen molar-refractivity contribution in [3.63, 3.8) is 0 Å². The molecule has 21 nitrogen and oxygen atoms in total. The first-order valence-corrected chi connectivity index (χ1v) is 15.6. The summed E-state index contributed by atoms with van der Waals surface area (Å²) in [5.74, 6) is -0.714. The number of anilines is 1. The van der Waals surface area contributed by atoms with Gasteiger partial charge in [0.05, 0.1) is 19.5 Å². The lowest BCUT2D eigenvalue weighted by Gasteiger charge is -2.20. The van der Waals surface area contributed by atoms with Gasteiger partial charge in [-0.2, -0.15) is 8.88 Å². The minimum absolute atomic E-state index is 0.0505. The number of nitrogen functional groups attached to an aromatic ring is 1. The minimum atomic E-state index is -5.37. The van der Waals surface area contributed by atoms with E-state index in [-0.39, 0.29) is 22.5 Å².